The number of aromatic nitrogens is 3. The van der Waals surface area contributed by atoms with Gasteiger partial charge in [0.25, 0.3) is 0 Å². The van der Waals surface area contributed by atoms with Crippen LogP contribution in [-0.2, 0) is 22.1 Å². The molecule has 40 heavy (non-hydrogen) atoms. The van der Waals surface area contributed by atoms with Crippen molar-refractivity contribution in [1.29, 1.82) is 0 Å². The largest absolute Gasteiger partial charge is 0.492 e. The lowest BCUT2D eigenvalue weighted by molar-refractivity contribution is -0.141. The molecule has 4 aromatic rings. The van der Waals surface area contributed by atoms with Gasteiger partial charge in [-0.1, -0.05) is 36.4 Å². The summed E-state index contributed by atoms with van der Waals surface area (Å²) in [6.45, 7) is 2.16. The second kappa shape index (κ2) is 10.0. The van der Waals surface area contributed by atoms with E-state index in [1.54, 1.807) is 37.3 Å². The molecule has 2 aliphatic rings. The van der Waals surface area contributed by atoms with E-state index in [4.69, 9.17) is 14.2 Å². The highest BCUT2D eigenvalue weighted by Gasteiger charge is 2.38. The Morgan fingerprint density at radius 3 is 2.52 bits per heavy atom. The third-order valence-electron chi connectivity index (χ3n) is 7.47. The molecule has 7 nitrogen and oxygen atoms in total. The van der Waals surface area contributed by atoms with Crippen molar-refractivity contribution >= 4 is 5.97 Å². The molecular formula is C30H26F3N3O4. The number of aromatic amines is 1. The number of esters is 1. The van der Waals surface area contributed by atoms with Gasteiger partial charge in [0.15, 0.2) is 5.82 Å². The lowest BCUT2D eigenvalue weighted by Crippen LogP contribution is -2.10. The highest BCUT2D eigenvalue weighted by molar-refractivity contribution is 5.76. The standard InChI is InChI=1S/C30H26F3N3O4/c1-16-34-29(36-35-16)18-5-3-17(4-6-18)28-23-10-12-25(22(23)9-11-24(28)30(31,32)33)40-20-7-8-21-19(13-27(37)38-2)15-39-26(21)14-20/h3-9,11,14,19,25H,10,12-13,15H2,1-2H3,(H,34,35,36)/t19-,25-/m1/s1. The van der Waals surface area contributed by atoms with Crippen LogP contribution in [0.3, 0.4) is 0 Å². The summed E-state index contributed by atoms with van der Waals surface area (Å²) in [4.78, 5) is 16.0. The fraction of sp³-hybridized carbons (Fsp3) is 0.300. The average Bonchev–Trinajstić information content (AvgIpc) is 3.66. The molecule has 1 aliphatic carbocycles. The first-order valence-corrected chi connectivity index (χ1v) is 12.9. The number of aryl methyl sites for hydroxylation is 1. The van der Waals surface area contributed by atoms with Gasteiger partial charge in [-0.15, -0.1) is 0 Å². The molecule has 0 unspecified atom stereocenters. The Morgan fingerprint density at radius 2 is 1.82 bits per heavy atom. The van der Waals surface area contributed by atoms with Gasteiger partial charge in [-0.25, -0.2) is 4.98 Å². The van der Waals surface area contributed by atoms with Crippen LogP contribution in [-0.4, -0.2) is 34.9 Å². The zero-order valence-corrected chi connectivity index (χ0v) is 21.8. The number of nitrogens with one attached hydrogen (secondary N) is 1. The van der Waals surface area contributed by atoms with Gasteiger partial charge in [-0.05, 0) is 54.2 Å². The van der Waals surface area contributed by atoms with Crippen molar-refractivity contribution in [3.8, 4) is 34.0 Å². The number of alkyl halides is 3. The number of hydrogen-bond acceptors (Lipinski definition) is 6. The Kier molecular flexibility index (Phi) is 6.48. The zero-order chi connectivity index (χ0) is 28.0. The minimum absolute atomic E-state index is 0.0914. The van der Waals surface area contributed by atoms with Crippen molar-refractivity contribution in [2.45, 2.75) is 44.4 Å². The molecule has 0 bridgehead atoms. The van der Waals surface area contributed by atoms with Gasteiger partial charge in [-0.3, -0.25) is 9.89 Å². The number of H-pyrrole nitrogens is 1. The van der Waals surface area contributed by atoms with Crippen molar-refractivity contribution in [1.82, 2.24) is 15.2 Å². The van der Waals surface area contributed by atoms with Gasteiger partial charge in [0, 0.05) is 23.1 Å². The van der Waals surface area contributed by atoms with Crippen LogP contribution in [0.2, 0.25) is 0 Å². The molecule has 10 heteroatoms. The maximum atomic E-state index is 14.2. The summed E-state index contributed by atoms with van der Waals surface area (Å²) in [5, 5.41) is 6.91. The van der Waals surface area contributed by atoms with Crippen LogP contribution in [0.4, 0.5) is 13.2 Å². The third-order valence-corrected chi connectivity index (χ3v) is 7.47. The van der Waals surface area contributed by atoms with Crippen LogP contribution in [0.1, 0.15) is 52.9 Å². The van der Waals surface area contributed by atoms with E-state index >= 15 is 0 Å². The second-order valence-corrected chi connectivity index (χ2v) is 10.0. The fourth-order valence-corrected chi connectivity index (χ4v) is 5.56. The molecule has 0 saturated carbocycles. The van der Waals surface area contributed by atoms with Crippen LogP contribution in [0.15, 0.2) is 54.6 Å². The highest BCUT2D eigenvalue weighted by Crippen LogP contribution is 2.47. The van der Waals surface area contributed by atoms with E-state index in [0.717, 1.165) is 17.2 Å². The summed E-state index contributed by atoms with van der Waals surface area (Å²) < 4.78 is 59.3. The molecular weight excluding hydrogens is 523 g/mol. The number of ether oxygens (including phenoxy) is 3. The number of halogens is 3. The molecule has 0 saturated heterocycles. The molecule has 2 heterocycles. The Bertz CT molecular complexity index is 1580. The predicted molar refractivity (Wildman–Crippen MR) is 140 cm³/mol. The number of benzene rings is 3. The number of carbonyl (C=O) groups is 1. The van der Waals surface area contributed by atoms with E-state index in [-0.39, 0.29) is 23.9 Å². The Balaban J connectivity index is 1.30. The number of methoxy groups -OCH3 is 1. The molecule has 1 aliphatic heterocycles. The molecule has 0 radical (unpaired) electrons. The number of carbonyl (C=O) groups excluding carboxylic acids is 1. The van der Waals surface area contributed by atoms with Crippen molar-refractivity contribution in [3.05, 3.63) is 82.7 Å². The molecule has 1 N–H and O–H groups in total. The van der Waals surface area contributed by atoms with E-state index in [0.29, 0.717) is 59.3 Å². The van der Waals surface area contributed by atoms with E-state index < -0.39 is 17.8 Å². The van der Waals surface area contributed by atoms with Crippen LogP contribution >= 0.6 is 0 Å². The molecule has 3 aromatic carbocycles. The summed E-state index contributed by atoms with van der Waals surface area (Å²) in [6, 6.07) is 15.0. The maximum absolute atomic E-state index is 14.2. The van der Waals surface area contributed by atoms with E-state index in [9.17, 15) is 18.0 Å². The number of hydrogen-bond donors (Lipinski definition) is 1. The van der Waals surface area contributed by atoms with Gasteiger partial charge in [-0.2, -0.15) is 18.3 Å². The molecule has 0 spiro atoms. The van der Waals surface area contributed by atoms with Crippen molar-refractivity contribution in [2.24, 2.45) is 0 Å². The summed E-state index contributed by atoms with van der Waals surface area (Å²) in [5.74, 6) is 1.94. The molecule has 0 fully saturated rings. The first kappa shape index (κ1) is 25.9. The van der Waals surface area contributed by atoms with E-state index in [2.05, 4.69) is 15.2 Å². The third kappa shape index (κ3) is 4.78. The molecule has 1 aromatic heterocycles. The monoisotopic (exact) mass is 549 g/mol. The van der Waals surface area contributed by atoms with Crippen LogP contribution in [0.25, 0.3) is 22.5 Å². The number of fused-ring (bicyclic) bond motifs is 2. The van der Waals surface area contributed by atoms with Gasteiger partial charge >= 0.3 is 12.1 Å². The van der Waals surface area contributed by atoms with E-state index in [1.165, 1.54) is 13.2 Å². The molecule has 206 valence electrons. The predicted octanol–water partition coefficient (Wildman–Crippen LogP) is 6.57. The lowest BCUT2D eigenvalue weighted by atomic mass is 9.91. The van der Waals surface area contributed by atoms with Crippen molar-refractivity contribution < 1.29 is 32.2 Å². The smallest absolute Gasteiger partial charge is 0.417 e. The quantitative estimate of drug-likeness (QED) is 0.274. The van der Waals surface area contributed by atoms with Gasteiger partial charge in [0.1, 0.15) is 23.4 Å². The van der Waals surface area contributed by atoms with E-state index in [1.807, 2.05) is 12.1 Å². The molecule has 2 atom stereocenters. The lowest BCUT2D eigenvalue weighted by Gasteiger charge is -2.20. The second-order valence-electron chi connectivity index (χ2n) is 10.0. The van der Waals surface area contributed by atoms with Crippen LogP contribution in [0, 0.1) is 6.92 Å². The van der Waals surface area contributed by atoms with Crippen LogP contribution in [0.5, 0.6) is 11.5 Å². The molecule has 6 rings (SSSR count). The highest BCUT2D eigenvalue weighted by atomic mass is 19.4. The topological polar surface area (TPSA) is 86.3 Å². The average molecular weight is 550 g/mol. The fourth-order valence-electron chi connectivity index (χ4n) is 5.56. The summed E-state index contributed by atoms with van der Waals surface area (Å²) in [7, 11) is 1.35. The SMILES string of the molecule is COC(=O)C[C@@H]1COc2cc(O[C@@H]3CCc4c3ccc(C(F)(F)F)c4-c3ccc(-c4n[nH]c(C)n4)cc3)ccc21. The normalized spacial score (nSPS) is 17.7. The number of rotatable bonds is 6. The first-order chi connectivity index (χ1) is 19.2. The summed E-state index contributed by atoms with van der Waals surface area (Å²) in [5.41, 5.74) is 2.98. The Morgan fingerprint density at radius 1 is 1.07 bits per heavy atom. The molecule has 0 amide bonds. The zero-order valence-electron chi connectivity index (χ0n) is 21.8. The maximum Gasteiger partial charge on any atom is 0.417 e. The summed E-state index contributed by atoms with van der Waals surface area (Å²) in [6.07, 6.45) is -3.70. The van der Waals surface area contributed by atoms with Crippen LogP contribution < -0.4 is 9.47 Å². The first-order valence-electron chi connectivity index (χ1n) is 12.9. The Hall–Kier alpha value is -4.34. The van der Waals surface area contributed by atoms with Gasteiger partial charge in [0.05, 0.1) is 25.7 Å². The van der Waals surface area contributed by atoms with Crippen molar-refractivity contribution in [2.75, 3.05) is 13.7 Å². The Labute approximate surface area is 228 Å². The van der Waals surface area contributed by atoms with Gasteiger partial charge < -0.3 is 14.2 Å². The number of nitrogens with zero attached hydrogens (tertiary/aromatic N) is 2. The minimum atomic E-state index is -4.51. The summed E-state index contributed by atoms with van der Waals surface area (Å²) >= 11 is 0. The minimum Gasteiger partial charge on any atom is -0.492 e. The van der Waals surface area contributed by atoms with Crippen molar-refractivity contribution in [3.63, 3.8) is 0 Å². The van der Waals surface area contributed by atoms with Gasteiger partial charge in [0.2, 0.25) is 0 Å².